The first-order chi connectivity index (χ1) is 42.3. The Morgan fingerprint density at radius 3 is 1.02 bits per heavy atom. The number of azide groups is 1. The molecule has 9 rings (SSSR count). The fourth-order valence-corrected chi connectivity index (χ4v) is 12.3. The Morgan fingerprint density at radius 1 is 0.422 bits per heavy atom. The Labute approximate surface area is 522 Å². The van der Waals surface area contributed by atoms with Crippen molar-refractivity contribution in [3.8, 4) is 0 Å². The summed E-state index contributed by atoms with van der Waals surface area (Å²) in [7, 11) is 0. The van der Waals surface area contributed by atoms with Crippen LogP contribution in [0.15, 0.2) is 96.1 Å². The van der Waals surface area contributed by atoms with Crippen LogP contribution in [0.4, 0.5) is 0 Å². The van der Waals surface area contributed by atoms with Crippen molar-refractivity contribution in [2.24, 2.45) is 5.11 Å². The Balaban J connectivity index is 0.893. The number of carbonyl (C=O) groups excluding carboxylic acids is 5. The van der Waals surface area contributed by atoms with Gasteiger partial charge in [-0.25, -0.2) is 4.79 Å². The first kappa shape index (κ1) is 67.7. The van der Waals surface area contributed by atoms with E-state index in [0.29, 0.717) is 11.1 Å². The second-order valence-electron chi connectivity index (χ2n) is 26.0. The topological polar surface area (TPSA) is 342 Å². The zero-order chi connectivity index (χ0) is 65.1. The number of hydrogen-bond donors (Lipinski definition) is 6. The van der Waals surface area contributed by atoms with Gasteiger partial charge < -0.3 is 88.5 Å². The van der Waals surface area contributed by atoms with Crippen LogP contribution in [-0.2, 0) is 105 Å². The van der Waals surface area contributed by atoms with Crippen molar-refractivity contribution >= 4 is 35.5 Å². The zero-order valence-corrected chi connectivity index (χ0v) is 52.7. The number of nitrogens with one attached hydrogen (secondary N) is 5. The van der Waals surface area contributed by atoms with E-state index >= 15 is 0 Å². The summed E-state index contributed by atoms with van der Waals surface area (Å²) in [4.78, 5) is 88.0. The third kappa shape index (κ3) is 17.1. The normalized spacial score (nSPS) is 30.9. The molecule has 0 unspecified atom stereocenters. The summed E-state index contributed by atoms with van der Waals surface area (Å²) < 4.78 is 75.5. The Hall–Kier alpha value is -6.69. The molecule has 0 saturated carbocycles. The number of aliphatic carboxylic acids is 1. The number of nitrogens with zero attached hydrogens (tertiary/aromatic N) is 3. The number of amides is 5. The molecule has 6 heterocycles. The molecule has 6 N–H and O–H groups in total. The van der Waals surface area contributed by atoms with E-state index in [1.807, 2.05) is 36.4 Å². The van der Waals surface area contributed by atoms with Crippen molar-refractivity contribution in [3.63, 3.8) is 0 Å². The van der Waals surface area contributed by atoms with E-state index in [2.05, 4.69) is 36.6 Å². The molecule has 0 radical (unpaired) electrons. The number of benzene rings is 3. The van der Waals surface area contributed by atoms with Gasteiger partial charge in [-0.05, 0) is 105 Å². The highest BCUT2D eigenvalue weighted by molar-refractivity contribution is 5.91. The minimum absolute atomic E-state index is 0.00237. The van der Waals surface area contributed by atoms with E-state index in [-0.39, 0.29) is 38.9 Å². The summed E-state index contributed by atoms with van der Waals surface area (Å²) in [6.45, 7) is 19.3. The Kier molecular flexibility index (Phi) is 20.5. The lowest BCUT2D eigenvalue weighted by Gasteiger charge is -2.28. The van der Waals surface area contributed by atoms with Gasteiger partial charge in [0.15, 0.2) is 53.0 Å². The second-order valence-corrected chi connectivity index (χ2v) is 26.0. The van der Waals surface area contributed by atoms with Crippen LogP contribution in [0.1, 0.15) is 99.8 Å². The molecule has 0 bridgehead atoms. The first-order valence-corrected chi connectivity index (χ1v) is 30.2. The third-order valence-electron chi connectivity index (χ3n) is 15.8. The zero-order valence-electron chi connectivity index (χ0n) is 52.7. The van der Waals surface area contributed by atoms with Crippen LogP contribution >= 0.6 is 0 Å². The number of rotatable bonds is 24. The molecule has 490 valence electrons. The second kappa shape index (κ2) is 27.3. The Morgan fingerprint density at radius 2 is 0.700 bits per heavy atom. The SMILES string of the molecule is CC1(C)O[C@H]([C@@H]2OC(C)(C)O[C@H]2C(=O)N[C@@H](Cc2ccccc2)C(=O)O)[C@@H](CNC(=O)[C@H](Cc2ccccc2)NC(=O)[C@@H]2OC(C)(C)O[C@H]2[C@H]2OC(C)(C)O[C@@H]2CNC(=O)[C@H](Cc2ccccc2)NC(=O)[C@@H]2OC(C)(C)O[C@H]2[C@H]2OC(C)(C)O[C@@H]2CN=[N+]=[N-])O1. The predicted molar refractivity (Wildman–Crippen MR) is 317 cm³/mol. The van der Waals surface area contributed by atoms with Crippen molar-refractivity contribution < 1.29 is 90.7 Å². The van der Waals surface area contributed by atoms with E-state index in [1.165, 1.54) is 0 Å². The van der Waals surface area contributed by atoms with Crippen molar-refractivity contribution in [2.75, 3.05) is 19.6 Å². The van der Waals surface area contributed by atoms with Gasteiger partial charge >= 0.3 is 5.97 Å². The van der Waals surface area contributed by atoms with Gasteiger partial charge in [0.05, 0.1) is 12.6 Å². The van der Waals surface area contributed by atoms with Crippen molar-refractivity contribution in [3.05, 3.63) is 118 Å². The van der Waals surface area contributed by atoms with Gasteiger partial charge in [0.2, 0.25) is 11.8 Å². The number of carbonyl (C=O) groups is 6. The third-order valence-corrected chi connectivity index (χ3v) is 15.8. The maximum atomic E-state index is 14.9. The maximum Gasteiger partial charge on any atom is 0.326 e. The van der Waals surface area contributed by atoms with Crippen LogP contribution < -0.4 is 26.6 Å². The van der Waals surface area contributed by atoms with E-state index in [1.54, 1.807) is 138 Å². The van der Waals surface area contributed by atoms with Gasteiger partial charge in [0.25, 0.3) is 17.7 Å². The van der Waals surface area contributed by atoms with Gasteiger partial charge in [-0.1, -0.05) is 96.1 Å². The summed E-state index contributed by atoms with van der Waals surface area (Å²) in [5.41, 5.74) is 11.2. The summed E-state index contributed by atoms with van der Waals surface area (Å²) in [5.74, 6) is -12.3. The molecule has 0 spiro atoms. The van der Waals surface area contributed by atoms with Crippen molar-refractivity contribution in [2.45, 2.75) is 228 Å². The summed E-state index contributed by atoms with van der Waals surface area (Å²) in [5, 5.41) is 28.1. The van der Waals surface area contributed by atoms with Crippen LogP contribution in [-0.4, -0.2) is 186 Å². The number of ether oxygens (including phenoxy) is 12. The van der Waals surface area contributed by atoms with Crippen molar-refractivity contribution in [1.29, 1.82) is 0 Å². The lowest BCUT2D eigenvalue weighted by atomic mass is 9.99. The first-order valence-electron chi connectivity index (χ1n) is 30.2. The van der Waals surface area contributed by atoms with Gasteiger partial charge in [0.1, 0.15) is 67.0 Å². The fourth-order valence-electron chi connectivity index (χ4n) is 12.3. The molecular weight excluding hydrogens is 1170 g/mol. The van der Waals surface area contributed by atoms with Crippen LogP contribution in [0.25, 0.3) is 10.4 Å². The molecule has 0 aliphatic carbocycles. The van der Waals surface area contributed by atoms with E-state index < -0.39 is 162 Å². The average Bonchev–Trinajstić information content (AvgIpc) is 1.65. The average molecular weight is 1260 g/mol. The molecule has 15 atom stereocenters. The smallest absolute Gasteiger partial charge is 0.326 e. The van der Waals surface area contributed by atoms with E-state index in [4.69, 9.17) is 62.4 Å². The molecule has 6 aliphatic rings. The monoisotopic (exact) mass is 1260 g/mol. The standard InChI is InChI=1S/C63H84N8O19/c1-58(2)79-40(31-65-53(73)38(29-35-24-18-14-19-25-35)69-55(75)50-48(87-63(11,12)89-50)45-42(33-67-71-64)81-60(5,6)84-45)43(82-58)46-49(88-61(7,8)85-46)54(74)68-37(28-34-22-16-13-17-23-34)52(72)66-32-41-44(83-59(3,4)80-41)47-51(90-62(9,10)86-47)56(76)70-39(57(77)78)30-36-26-20-15-21-27-36/h13-27,37-51H,28-33H2,1-12H3,(H,65,73)(H,66,72)(H,68,74)(H,69,75)(H,70,76)(H,77,78)/t37-,38-,39-,40+,41+,42+,43-,44-,45-,46-,47-,48-,49+,50+,51+/m0/s1. The van der Waals surface area contributed by atoms with Gasteiger partial charge in [-0.15, -0.1) is 0 Å². The molecule has 3 aromatic carbocycles. The maximum absolute atomic E-state index is 14.9. The molecule has 6 fully saturated rings. The molecule has 90 heavy (non-hydrogen) atoms. The molecular formula is C63H84N8O19. The molecule has 5 amide bonds. The molecule has 0 aromatic heterocycles. The van der Waals surface area contributed by atoms with Gasteiger partial charge in [-0.2, -0.15) is 0 Å². The van der Waals surface area contributed by atoms with Crippen molar-refractivity contribution in [1.82, 2.24) is 26.6 Å². The molecule has 6 aliphatic heterocycles. The van der Waals surface area contributed by atoms with Gasteiger partial charge in [-0.3, -0.25) is 24.0 Å². The fraction of sp³-hybridized carbons (Fsp3) is 0.619. The quantitative estimate of drug-likeness (QED) is 0.0420. The van der Waals surface area contributed by atoms with E-state index in [0.717, 1.165) is 5.56 Å². The lowest BCUT2D eigenvalue weighted by molar-refractivity contribution is -0.175. The summed E-state index contributed by atoms with van der Waals surface area (Å²) in [6.07, 6.45) is -13.1. The number of carboxylic acid groups (broad SMARTS) is 1. The molecule has 27 nitrogen and oxygen atoms in total. The molecule has 27 heteroatoms. The minimum atomic E-state index is -1.41. The summed E-state index contributed by atoms with van der Waals surface area (Å²) in [6, 6.07) is 23.2. The predicted octanol–water partition coefficient (Wildman–Crippen LogP) is 3.92. The van der Waals surface area contributed by atoms with Crippen LogP contribution in [0, 0.1) is 0 Å². The lowest BCUT2D eigenvalue weighted by Crippen LogP contribution is -2.57. The van der Waals surface area contributed by atoms with Crippen LogP contribution in [0.5, 0.6) is 0 Å². The minimum Gasteiger partial charge on any atom is -0.480 e. The number of hydrogen-bond acceptors (Lipinski definition) is 19. The summed E-state index contributed by atoms with van der Waals surface area (Å²) >= 11 is 0. The Bertz CT molecular complexity index is 3090. The number of carboxylic acids is 1. The highest BCUT2D eigenvalue weighted by atomic mass is 16.8. The van der Waals surface area contributed by atoms with Gasteiger partial charge in [0, 0.05) is 37.3 Å². The molecule has 3 aromatic rings. The largest absolute Gasteiger partial charge is 0.480 e. The highest BCUT2D eigenvalue weighted by Gasteiger charge is 2.60. The van der Waals surface area contributed by atoms with Crippen LogP contribution in [0.2, 0.25) is 0 Å². The molecule has 6 saturated heterocycles. The van der Waals surface area contributed by atoms with E-state index in [9.17, 15) is 33.9 Å². The van der Waals surface area contributed by atoms with Crippen LogP contribution in [0.3, 0.4) is 0 Å². The highest BCUT2D eigenvalue weighted by Crippen LogP contribution is 2.42.